The average molecular weight is 371 g/mol. The maximum Gasteiger partial charge on any atom is 0.416 e. The number of rotatable bonds is 4. The highest BCUT2D eigenvalue weighted by Gasteiger charge is 2.38. The molecule has 0 aliphatic rings. The smallest absolute Gasteiger partial charge is 0.416 e. The van der Waals surface area contributed by atoms with Crippen LogP contribution >= 0.6 is 0 Å². The van der Waals surface area contributed by atoms with Crippen LogP contribution < -0.4 is 5.32 Å². The molecular weight excluding hydrogens is 356 g/mol. The summed E-state index contributed by atoms with van der Waals surface area (Å²) in [5.74, 6) is -2.61. The molecule has 1 amide bonds. The van der Waals surface area contributed by atoms with E-state index in [1.54, 1.807) is 0 Å². The molecule has 0 aliphatic carbocycles. The monoisotopic (exact) mass is 371 g/mol. The lowest BCUT2D eigenvalue weighted by Crippen LogP contribution is -2.45. The normalized spacial score (nSPS) is 13.5. The number of carbonyl (C=O) groups excluding carboxylic acids is 2. The van der Waals surface area contributed by atoms with Crippen LogP contribution in [0.4, 0.5) is 26.3 Å². The fraction of sp³-hybridized carbons (Fsp3) is 0.467. The van der Waals surface area contributed by atoms with Crippen molar-refractivity contribution in [1.82, 2.24) is 5.32 Å². The quantitative estimate of drug-likeness (QED) is 0.649. The van der Waals surface area contributed by atoms with E-state index < -0.39 is 52.9 Å². The van der Waals surface area contributed by atoms with Crippen molar-refractivity contribution in [3.8, 4) is 0 Å². The molecule has 1 atom stereocenters. The van der Waals surface area contributed by atoms with Crippen LogP contribution in [0, 0.1) is 5.92 Å². The van der Waals surface area contributed by atoms with E-state index in [2.05, 4.69) is 10.1 Å². The molecule has 1 rings (SSSR count). The Labute approximate surface area is 139 Å². The Morgan fingerprint density at radius 1 is 0.960 bits per heavy atom. The van der Waals surface area contributed by atoms with Gasteiger partial charge in [-0.3, -0.25) is 4.79 Å². The van der Waals surface area contributed by atoms with E-state index >= 15 is 0 Å². The zero-order chi connectivity index (χ0) is 19.6. The number of halogens is 6. The molecule has 0 aliphatic heterocycles. The molecule has 10 heteroatoms. The Hall–Kier alpha value is -2.26. The molecule has 1 aromatic carbocycles. The topological polar surface area (TPSA) is 55.4 Å². The third-order valence-electron chi connectivity index (χ3n) is 3.26. The number of carbonyl (C=O) groups is 2. The van der Waals surface area contributed by atoms with Crippen molar-refractivity contribution in [3.63, 3.8) is 0 Å². The van der Waals surface area contributed by atoms with Gasteiger partial charge < -0.3 is 10.1 Å². The molecule has 0 saturated carbocycles. The summed E-state index contributed by atoms with van der Waals surface area (Å²) in [7, 11) is 1.04. The second kappa shape index (κ2) is 7.32. The van der Waals surface area contributed by atoms with Crippen molar-refractivity contribution in [3.05, 3.63) is 34.9 Å². The van der Waals surface area contributed by atoms with Gasteiger partial charge in [0.1, 0.15) is 6.04 Å². The van der Waals surface area contributed by atoms with Gasteiger partial charge in [0, 0.05) is 5.56 Å². The van der Waals surface area contributed by atoms with E-state index in [9.17, 15) is 35.9 Å². The van der Waals surface area contributed by atoms with Gasteiger partial charge in [0.05, 0.1) is 18.2 Å². The van der Waals surface area contributed by atoms with Gasteiger partial charge in [0.25, 0.3) is 5.91 Å². The van der Waals surface area contributed by atoms with Crippen LogP contribution in [0.5, 0.6) is 0 Å². The summed E-state index contributed by atoms with van der Waals surface area (Å²) in [4.78, 5) is 23.7. The molecule has 0 saturated heterocycles. The summed E-state index contributed by atoms with van der Waals surface area (Å²) >= 11 is 0. The second-order valence-corrected chi connectivity index (χ2v) is 5.51. The van der Waals surface area contributed by atoms with Crippen molar-refractivity contribution in [2.45, 2.75) is 32.2 Å². The minimum absolute atomic E-state index is 0.0863. The van der Waals surface area contributed by atoms with Gasteiger partial charge in [-0.25, -0.2) is 4.79 Å². The first kappa shape index (κ1) is 20.8. The molecule has 1 aromatic rings. The first-order valence-corrected chi connectivity index (χ1v) is 6.95. The molecule has 140 valence electrons. The Balaban J connectivity index is 3.31. The summed E-state index contributed by atoms with van der Waals surface area (Å²) < 4.78 is 81.3. The van der Waals surface area contributed by atoms with Gasteiger partial charge in [0.15, 0.2) is 0 Å². The Morgan fingerprint density at radius 3 is 1.72 bits per heavy atom. The zero-order valence-electron chi connectivity index (χ0n) is 13.4. The predicted octanol–water partition coefficient (Wildman–Crippen LogP) is 3.65. The van der Waals surface area contributed by atoms with E-state index in [1.807, 2.05) is 0 Å². The summed E-state index contributed by atoms with van der Waals surface area (Å²) in [5, 5.41) is 2.09. The van der Waals surface area contributed by atoms with Crippen molar-refractivity contribution in [1.29, 1.82) is 0 Å². The third kappa shape index (κ3) is 5.36. The zero-order valence-corrected chi connectivity index (χ0v) is 13.4. The molecule has 0 spiro atoms. The number of benzene rings is 1. The Kier molecular flexibility index (Phi) is 6.09. The first-order valence-electron chi connectivity index (χ1n) is 6.95. The standard InChI is InChI=1S/C15H15F6NO3/c1-7(2)11(13(24)25-3)22-12(23)8-4-9(14(16,17)18)6-10(5-8)15(19,20)21/h4-7,11H,1-3H3,(H,22,23)/t11-/m0/s1. The van der Waals surface area contributed by atoms with Gasteiger partial charge in [-0.2, -0.15) is 26.3 Å². The molecule has 25 heavy (non-hydrogen) atoms. The second-order valence-electron chi connectivity index (χ2n) is 5.51. The number of hydrogen-bond acceptors (Lipinski definition) is 3. The highest BCUT2D eigenvalue weighted by molar-refractivity contribution is 5.97. The summed E-state index contributed by atoms with van der Waals surface area (Å²) in [6.07, 6.45) is -10.1. The predicted molar refractivity (Wildman–Crippen MR) is 74.6 cm³/mol. The number of nitrogens with one attached hydrogen (secondary N) is 1. The molecule has 0 fully saturated rings. The van der Waals surface area contributed by atoms with E-state index in [4.69, 9.17) is 0 Å². The Bertz CT molecular complexity index is 619. The van der Waals surface area contributed by atoms with E-state index in [-0.39, 0.29) is 6.07 Å². The highest BCUT2D eigenvalue weighted by Crippen LogP contribution is 2.36. The van der Waals surface area contributed by atoms with Gasteiger partial charge in [-0.15, -0.1) is 0 Å². The molecule has 0 unspecified atom stereocenters. The number of hydrogen-bond donors (Lipinski definition) is 1. The SMILES string of the molecule is COC(=O)[C@@H](NC(=O)c1cc(C(F)(F)F)cc(C(F)(F)F)c1)C(C)C. The molecule has 0 aromatic heterocycles. The fourth-order valence-electron chi connectivity index (χ4n) is 1.94. The van der Waals surface area contributed by atoms with Crippen LogP contribution in [0.25, 0.3) is 0 Å². The van der Waals surface area contributed by atoms with Crippen molar-refractivity contribution < 1.29 is 40.7 Å². The van der Waals surface area contributed by atoms with Gasteiger partial charge in [-0.05, 0) is 24.1 Å². The maximum atomic E-state index is 12.8. The van der Waals surface area contributed by atoms with Gasteiger partial charge in [-0.1, -0.05) is 13.8 Å². The lowest BCUT2D eigenvalue weighted by atomic mass is 10.0. The summed E-state index contributed by atoms with van der Waals surface area (Å²) in [6.45, 7) is 3.05. The molecule has 0 bridgehead atoms. The maximum absolute atomic E-state index is 12.8. The van der Waals surface area contributed by atoms with E-state index in [0.29, 0.717) is 12.1 Å². The van der Waals surface area contributed by atoms with Crippen LogP contribution in [0.15, 0.2) is 18.2 Å². The van der Waals surface area contributed by atoms with Crippen LogP contribution in [0.2, 0.25) is 0 Å². The number of amides is 1. The molecule has 0 radical (unpaired) electrons. The highest BCUT2D eigenvalue weighted by atomic mass is 19.4. The average Bonchev–Trinajstić information content (AvgIpc) is 2.49. The van der Waals surface area contributed by atoms with E-state index in [1.165, 1.54) is 13.8 Å². The van der Waals surface area contributed by atoms with Crippen LogP contribution in [-0.2, 0) is 21.9 Å². The molecule has 1 N–H and O–H groups in total. The minimum Gasteiger partial charge on any atom is -0.467 e. The number of esters is 1. The molecular formula is C15H15F6NO3. The Morgan fingerprint density at radius 2 is 1.40 bits per heavy atom. The lowest BCUT2D eigenvalue weighted by Gasteiger charge is -2.20. The largest absolute Gasteiger partial charge is 0.467 e. The van der Waals surface area contributed by atoms with Crippen molar-refractivity contribution in [2.24, 2.45) is 5.92 Å². The fourth-order valence-corrected chi connectivity index (χ4v) is 1.94. The van der Waals surface area contributed by atoms with E-state index in [0.717, 1.165) is 7.11 Å². The summed E-state index contributed by atoms with van der Waals surface area (Å²) in [5.41, 5.74) is -4.10. The van der Waals surface area contributed by atoms with Crippen molar-refractivity contribution >= 4 is 11.9 Å². The van der Waals surface area contributed by atoms with Crippen LogP contribution in [-0.4, -0.2) is 25.0 Å². The minimum atomic E-state index is -5.07. The lowest BCUT2D eigenvalue weighted by molar-refractivity contribution is -0.145. The third-order valence-corrected chi connectivity index (χ3v) is 3.26. The van der Waals surface area contributed by atoms with Crippen LogP contribution in [0.3, 0.4) is 0 Å². The molecule has 0 heterocycles. The van der Waals surface area contributed by atoms with Gasteiger partial charge in [0.2, 0.25) is 0 Å². The number of alkyl halides is 6. The first-order chi connectivity index (χ1) is 11.3. The number of ether oxygens (including phenoxy) is 1. The van der Waals surface area contributed by atoms with Crippen LogP contribution in [0.1, 0.15) is 35.3 Å². The summed E-state index contributed by atoms with van der Waals surface area (Å²) in [6, 6.07) is -0.725. The van der Waals surface area contributed by atoms with Crippen molar-refractivity contribution in [2.75, 3.05) is 7.11 Å². The molecule has 4 nitrogen and oxygen atoms in total. The number of methoxy groups -OCH3 is 1. The van der Waals surface area contributed by atoms with Gasteiger partial charge >= 0.3 is 18.3 Å².